The summed E-state index contributed by atoms with van der Waals surface area (Å²) in [5.74, 6) is -0.837. The van der Waals surface area contributed by atoms with Crippen molar-refractivity contribution >= 4 is 34.0 Å². The molecule has 0 saturated carbocycles. The van der Waals surface area contributed by atoms with Crippen molar-refractivity contribution in [1.82, 2.24) is 5.43 Å². The second-order valence-electron chi connectivity index (χ2n) is 5.11. The first-order chi connectivity index (χ1) is 12.5. The summed E-state index contributed by atoms with van der Waals surface area (Å²) in [7, 11) is 0. The number of benzene rings is 2. The number of aromatic carboxylic acids is 1. The second kappa shape index (κ2) is 9.34. The number of rotatable bonds is 7. The zero-order valence-electron chi connectivity index (χ0n) is 13.5. The quantitative estimate of drug-likeness (QED) is 0.532. The molecule has 0 aliphatic carbocycles. The van der Waals surface area contributed by atoms with Gasteiger partial charge in [0.2, 0.25) is 0 Å². The van der Waals surface area contributed by atoms with Crippen LogP contribution in [-0.4, -0.2) is 23.2 Å². The molecule has 0 aliphatic rings. The summed E-state index contributed by atoms with van der Waals surface area (Å²) in [6.07, 6.45) is 1.20. The molecule has 26 heavy (non-hydrogen) atoms. The minimum atomic E-state index is -0.971. The highest BCUT2D eigenvalue weighted by Crippen LogP contribution is 2.26. The van der Waals surface area contributed by atoms with Crippen molar-refractivity contribution in [3.63, 3.8) is 0 Å². The predicted octanol–water partition coefficient (Wildman–Crippen LogP) is 3.09. The van der Waals surface area contributed by atoms with Crippen LogP contribution in [0.3, 0.4) is 0 Å². The van der Waals surface area contributed by atoms with Crippen LogP contribution in [0.25, 0.3) is 0 Å². The number of carbonyl (C=O) groups is 2. The topological polar surface area (TPSA) is 112 Å². The maximum absolute atomic E-state index is 11.1. The molecule has 0 bridgehead atoms. The molecule has 0 aromatic heterocycles. The minimum absolute atomic E-state index is 0.223. The summed E-state index contributed by atoms with van der Waals surface area (Å²) in [5.41, 5.74) is 4.04. The van der Waals surface area contributed by atoms with E-state index in [-0.39, 0.29) is 18.6 Å². The number of hydrogen-bond donors (Lipinski definition) is 2. The predicted molar refractivity (Wildman–Crippen MR) is 97.8 cm³/mol. The molecule has 2 aromatic carbocycles. The number of hydrogen-bond acceptors (Lipinski definition) is 5. The van der Waals surface area contributed by atoms with Crippen molar-refractivity contribution < 1.29 is 19.4 Å². The molecule has 2 N–H and O–H groups in total. The van der Waals surface area contributed by atoms with E-state index in [9.17, 15) is 9.59 Å². The fourth-order valence-corrected chi connectivity index (χ4v) is 2.42. The van der Waals surface area contributed by atoms with E-state index >= 15 is 0 Å². The summed E-state index contributed by atoms with van der Waals surface area (Å²) < 4.78 is 6.41. The van der Waals surface area contributed by atoms with Gasteiger partial charge in [-0.05, 0) is 57.4 Å². The molecule has 0 atom stereocenters. The molecular formula is C18H14BrN3O4. The molecule has 2 rings (SSSR count). The largest absolute Gasteiger partial charge is 0.488 e. The molecule has 8 heteroatoms. The Kier molecular flexibility index (Phi) is 6.88. The first-order valence-corrected chi connectivity index (χ1v) is 8.22. The number of nitriles is 1. The van der Waals surface area contributed by atoms with Gasteiger partial charge in [-0.2, -0.15) is 10.4 Å². The third-order valence-corrected chi connectivity index (χ3v) is 3.81. The van der Waals surface area contributed by atoms with Crippen LogP contribution < -0.4 is 10.2 Å². The molecule has 2 aromatic rings. The summed E-state index contributed by atoms with van der Waals surface area (Å²) in [6, 6.07) is 13.4. The van der Waals surface area contributed by atoms with Crippen LogP contribution in [0.1, 0.15) is 27.9 Å². The Hall–Kier alpha value is -3.18. The Morgan fingerprint density at radius 1 is 1.27 bits per heavy atom. The Morgan fingerprint density at radius 3 is 2.62 bits per heavy atom. The van der Waals surface area contributed by atoms with E-state index < -0.39 is 11.9 Å². The molecule has 0 saturated heterocycles. The van der Waals surface area contributed by atoms with Gasteiger partial charge in [0, 0.05) is 0 Å². The lowest BCUT2D eigenvalue weighted by Gasteiger charge is -2.09. The normalized spacial score (nSPS) is 10.3. The van der Waals surface area contributed by atoms with Crippen LogP contribution in [0.5, 0.6) is 5.75 Å². The van der Waals surface area contributed by atoms with E-state index in [4.69, 9.17) is 15.1 Å². The zero-order chi connectivity index (χ0) is 18.9. The second-order valence-corrected chi connectivity index (χ2v) is 5.96. The molecule has 0 aliphatic heterocycles. The van der Waals surface area contributed by atoms with E-state index in [1.54, 1.807) is 36.4 Å². The Morgan fingerprint density at radius 2 is 2.00 bits per heavy atom. The molecule has 0 fully saturated rings. The van der Waals surface area contributed by atoms with Crippen molar-refractivity contribution in [3.05, 3.63) is 63.6 Å². The highest BCUT2D eigenvalue weighted by atomic mass is 79.9. The Bertz CT molecular complexity index is 873. The van der Waals surface area contributed by atoms with Crippen molar-refractivity contribution in [1.29, 1.82) is 5.26 Å². The SMILES string of the molecule is N#CCC(=O)N/N=C\c1ccc(OCc2ccc(C(=O)O)cc2)c(Br)c1. The third kappa shape index (κ3) is 5.72. The molecule has 0 spiro atoms. The molecule has 0 radical (unpaired) electrons. The maximum Gasteiger partial charge on any atom is 0.335 e. The highest BCUT2D eigenvalue weighted by molar-refractivity contribution is 9.10. The average molecular weight is 416 g/mol. The Balaban J connectivity index is 1.94. The van der Waals surface area contributed by atoms with Crippen molar-refractivity contribution in [3.8, 4) is 11.8 Å². The summed E-state index contributed by atoms with van der Waals surface area (Å²) in [6.45, 7) is 0.288. The van der Waals surface area contributed by atoms with Gasteiger partial charge in [0.1, 0.15) is 18.8 Å². The van der Waals surface area contributed by atoms with Crippen molar-refractivity contribution in [2.45, 2.75) is 13.0 Å². The third-order valence-electron chi connectivity index (χ3n) is 3.19. The van der Waals surface area contributed by atoms with Gasteiger partial charge in [0.05, 0.1) is 22.3 Å². The van der Waals surface area contributed by atoms with Gasteiger partial charge in [-0.1, -0.05) is 12.1 Å². The van der Waals surface area contributed by atoms with Crippen LogP contribution in [0, 0.1) is 11.3 Å². The van der Waals surface area contributed by atoms with Gasteiger partial charge in [0.25, 0.3) is 5.91 Å². The van der Waals surface area contributed by atoms with Crippen LogP contribution in [-0.2, 0) is 11.4 Å². The van der Waals surface area contributed by atoms with Gasteiger partial charge < -0.3 is 9.84 Å². The molecule has 0 unspecified atom stereocenters. The number of nitrogens with zero attached hydrogens (tertiary/aromatic N) is 2. The minimum Gasteiger partial charge on any atom is -0.488 e. The molecule has 7 nitrogen and oxygen atoms in total. The first-order valence-electron chi connectivity index (χ1n) is 7.43. The monoisotopic (exact) mass is 415 g/mol. The fourth-order valence-electron chi connectivity index (χ4n) is 1.91. The molecular weight excluding hydrogens is 402 g/mol. The van der Waals surface area contributed by atoms with Gasteiger partial charge in [-0.25, -0.2) is 10.2 Å². The number of amides is 1. The van der Waals surface area contributed by atoms with Gasteiger partial charge in [0.15, 0.2) is 0 Å². The number of nitrogens with one attached hydrogen (secondary N) is 1. The fraction of sp³-hybridized carbons (Fsp3) is 0.111. The number of ether oxygens (including phenoxy) is 1. The number of carbonyl (C=O) groups excluding carboxylic acids is 1. The molecule has 132 valence electrons. The first kappa shape index (κ1) is 19.1. The van der Waals surface area contributed by atoms with E-state index in [0.29, 0.717) is 10.2 Å². The highest BCUT2D eigenvalue weighted by Gasteiger charge is 2.05. The van der Waals surface area contributed by atoms with Crippen LogP contribution in [0.15, 0.2) is 52.0 Å². The van der Waals surface area contributed by atoms with Crippen molar-refractivity contribution in [2.24, 2.45) is 5.10 Å². The van der Waals surface area contributed by atoms with Gasteiger partial charge >= 0.3 is 5.97 Å². The number of halogens is 1. The standard InChI is InChI=1S/C18H14BrN3O4/c19-15-9-13(10-21-22-17(23)7-8-20)3-6-16(15)26-11-12-1-4-14(5-2-12)18(24)25/h1-6,9-10H,7,11H2,(H,22,23)(H,24,25)/b21-10-. The summed E-state index contributed by atoms with van der Waals surface area (Å²) in [5, 5.41) is 21.0. The zero-order valence-corrected chi connectivity index (χ0v) is 15.1. The molecule has 1 amide bonds. The van der Waals surface area contributed by atoms with Gasteiger partial charge in [-0.3, -0.25) is 4.79 Å². The van der Waals surface area contributed by atoms with E-state index in [2.05, 4.69) is 26.5 Å². The number of carboxylic acid groups (broad SMARTS) is 1. The van der Waals surface area contributed by atoms with E-state index in [1.165, 1.54) is 18.3 Å². The van der Waals surface area contributed by atoms with Crippen LogP contribution in [0.2, 0.25) is 0 Å². The van der Waals surface area contributed by atoms with Crippen LogP contribution in [0.4, 0.5) is 0 Å². The summed E-state index contributed by atoms with van der Waals surface area (Å²) >= 11 is 3.40. The maximum atomic E-state index is 11.1. The van der Waals surface area contributed by atoms with Gasteiger partial charge in [-0.15, -0.1) is 0 Å². The molecule has 0 heterocycles. The lowest BCUT2D eigenvalue weighted by Crippen LogP contribution is -2.16. The Labute approximate surface area is 158 Å². The lowest BCUT2D eigenvalue weighted by molar-refractivity contribution is -0.120. The average Bonchev–Trinajstić information content (AvgIpc) is 2.61. The summed E-state index contributed by atoms with van der Waals surface area (Å²) in [4.78, 5) is 22.0. The van der Waals surface area contributed by atoms with Crippen LogP contribution >= 0.6 is 15.9 Å². The van der Waals surface area contributed by atoms with Crippen molar-refractivity contribution in [2.75, 3.05) is 0 Å². The van der Waals surface area contributed by atoms with E-state index in [0.717, 1.165) is 11.1 Å². The smallest absolute Gasteiger partial charge is 0.335 e. The van der Waals surface area contributed by atoms with E-state index in [1.807, 2.05) is 0 Å². The lowest BCUT2D eigenvalue weighted by atomic mass is 10.1. The number of hydrazone groups is 1. The number of carboxylic acids is 1.